The maximum Gasteiger partial charge on any atom is 0.326 e. The van der Waals surface area contributed by atoms with Crippen molar-refractivity contribution in [3.63, 3.8) is 0 Å². The number of carboxylic acid groups (broad SMARTS) is 1. The minimum atomic E-state index is -1.09. The molecule has 20 heavy (non-hydrogen) atoms. The van der Waals surface area contributed by atoms with Crippen LogP contribution < -0.4 is 0 Å². The van der Waals surface area contributed by atoms with Gasteiger partial charge in [0.25, 0.3) is 0 Å². The standard InChI is InChI=1S/C13H20N2O5/c1-8(16)14-4-2-3-9(6-14)12(18)15-7-10(17)5-11(15)13(19)20/h9-11,17H,2-7H2,1H3,(H,19,20). The normalized spacial score (nSPS) is 30.4. The van der Waals surface area contributed by atoms with Crippen molar-refractivity contribution >= 4 is 17.8 Å². The van der Waals surface area contributed by atoms with Crippen molar-refractivity contribution in [3.05, 3.63) is 0 Å². The number of hydrogen-bond acceptors (Lipinski definition) is 4. The molecule has 2 rings (SSSR count). The summed E-state index contributed by atoms with van der Waals surface area (Å²) in [6, 6.07) is -0.954. The Kier molecular flexibility index (Phi) is 4.27. The van der Waals surface area contributed by atoms with Gasteiger partial charge in [-0.15, -0.1) is 0 Å². The summed E-state index contributed by atoms with van der Waals surface area (Å²) in [5, 5.41) is 18.7. The quantitative estimate of drug-likeness (QED) is 0.698. The maximum absolute atomic E-state index is 12.4. The van der Waals surface area contributed by atoms with Gasteiger partial charge in [-0.25, -0.2) is 4.79 Å². The van der Waals surface area contributed by atoms with Gasteiger partial charge in [-0.1, -0.05) is 0 Å². The lowest BCUT2D eigenvalue weighted by atomic mass is 9.96. The first-order valence-corrected chi connectivity index (χ1v) is 6.87. The molecule has 0 saturated carbocycles. The van der Waals surface area contributed by atoms with Crippen LogP contribution in [0.4, 0.5) is 0 Å². The highest BCUT2D eigenvalue weighted by Crippen LogP contribution is 2.25. The molecule has 0 aromatic heterocycles. The molecule has 2 heterocycles. The number of carbonyl (C=O) groups excluding carboxylic acids is 2. The smallest absolute Gasteiger partial charge is 0.326 e. The summed E-state index contributed by atoms with van der Waals surface area (Å²) in [7, 11) is 0. The highest BCUT2D eigenvalue weighted by atomic mass is 16.4. The molecule has 3 unspecified atom stereocenters. The van der Waals surface area contributed by atoms with E-state index in [2.05, 4.69) is 0 Å². The van der Waals surface area contributed by atoms with Crippen LogP contribution in [0.15, 0.2) is 0 Å². The molecule has 0 aliphatic carbocycles. The van der Waals surface area contributed by atoms with Crippen molar-refractivity contribution in [2.75, 3.05) is 19.6 Å². The van der Waals surface area contributed by atoms with Crippen molar-refractivity contribution in [2.45, 2.75) is 38.3 Å². The highest BCUT2D eigenvalue weighted by Gasteiger charge is 2.42. The Hall–Kier alpha value is -1.63. The first-order valence-electron chi connectivity index (χ1n) is 6.87. The Balaban J connectivity index is 2.06. The third kappa shape index (κ3) is 2.92. The number of likely N-dealkylation sites (tertiary alicyclic amines) is 2. The number of aliphatic carboxylic acids is 1. The predicted octanol–water partition coefficient (Wildman–Crippen LogP) is -0.709. The first kappa shape index (κ1) is 14.8. The first-order chi connectivity index (χ1) is 9.40. The lowest BCUT2D eigenvalue weighted by Crippen LogP contribution is -2.49. The number of carbonyl (C=O) groups is 3. The van der Waals surface area contributed by atoms with E-state index in [0.717, 1.165) is 6.42 Å². The molecule has 2 amide bonds. The highest BCUT2D eigenvalue weighted by molar-refractivity contribution is 5.86. The number of hydrogen-bond donors (Lipinski definition) is 2. The van der Waals surface area contributed by atoms with E-state index in [1.54, 1.807) is 4.90 Å². The summed E-state index contributed by atoms with van der Waals surface area (Å²) in [5.41, 5.74) is 0. The summed E-state index contributed by atoms with van der Waals surface area (Å²) in [6.07, 6.45) is 0.683. The Labute approximate surface area is 117 Å². The van der Waals surface area contributed by atoms with E-state index in [4.69, 9.17) is 5.11 Å². The molecule has 0 bridgehead atoms. The molecular weight excluding hydrogens is 264 g/mol. The SMILES string of the molecule is CC(=O)N1CCCC(C(=O)N2CC(O)CC2C(=O)O)C1. The van der Waals surface area contributed by atoms with Crippen LogP contribution in [-0.4, -0.2) is 69.6 Å². The second-order valence-corrected chi connectivity index (χ2v) is 5.54. The van der Waals surface area contributed by atoms with E-state index < -0.39 is 18.1 Å². The minimum Gasteiger partial charge on any atom is -0.480 e. The molecule has 2 fully saturated rings. The van der Waals surface area contributed by atoms with Crippen LogP contribution in [0.2, 0.25) is 0 Å². The van der Waals surface area contributed by atoms with E-state index in [0.29, 0.717) is 19.5 Å². The van der Waals surface area contributed by atoms with Gasteiger partial charge in [-0.05, 0) is 12.8 Å². The van der Waals surface area contributed by atoms with Crippen LogP contribution in [0.1, 0.15) is 26.2 Å². The van der Waals surface area contributed by atoms with E-state index in [1.807, 2.05) is 0 Å². The summed E-state index contributed by atoms with van der Waals surface area (Å²) in [6.45, 7) is 2.51. The van der Waals surface area contributed by atoms with Crippen LogP contribution in [0, 0.1) is 5.92 Å². The second kappa shape index (κ2) is 5.78. The zero-order valence-corrected chi connectivity index (χ0v) is 11.5. The third-order valence-electron chi connectivity index (χ3n) is 4.06. The molecule has 3 atom stereocenters. The van der Waals surface area contributed by atoms with Gasteiger partial charge in [0.1, 0.15) is 6.04 Å². The largest absolute Gasteiger partial charge is 0.480 e. The van der Waals surface area contributed by atoms with Crippen molar-refractivity contribution in [3.8, 4) is 0 Å². The van der Waals surface area contributed by atoms with Gasteiger partial charge in [-0.2, -0.15) is 0 Å². The van der Waals surface area contributed by atoms with Gasteiger partial charge >= 0.3 is 5.97 Å². The molecule has 2 saturated heterocycles. The summed E-state index contributed by atoms with van der Waals surface area (Å²) in [5.74, 6) is -1.78. The monoisotopic (exact) mass is 284 g/mol. The summed E-state index contributed by atoms with van der Waals surface area (Å²) in [4.78, 5) is 37.8. The number of amides is 2. The molecule has 0 aromatic rings. The molecule has 7 nitrogen and oxygen atoms in total. The molecule has 0 radical (unpaired) electrons. The van der Waals surface area contributed by atoms with Gasteiger partial charge in [0.15, 0.2) is 0 Å². The topological polar surface area (TPSA) is 98.2 Å². The van der Waals surface area contributed by atoms with Crippen molar-refractivity contribution in [1.29, 1.82) is 0 Å². The Morgan fingerprint density at radius 1 is 1.20 bits per heavy atom. The molecule has 7 heteroatoms. The zero-order chi connectivity index (χ0) is 14.9. The van der Waals surface area contributed by atoms with Gasteiger partial charge in [0, 0.05) is 33.0 Å². The van der Waals surface area contributed by atoms with Gasteiger partial charge in [0.2, 0.25) is 11.8 Å². The fraction of sp³-hybridized carbons (Fsp3) is 0.769. The minimum absolute atomic E-state index is 0.0619. The fourth-order valence-electron chi connectivity index (χ4n) is 2.99. The molecule has 112 valence electrons. The summed E-state index contributed by atoms with van der Waals surface area (Å²) < 4.78 is 0. The van der Waals surface area contributed by atoms with Crippen molar-refractivity contribution in [1.82, 2.24) is 9.80 Å². The Morgan fingerprint density at radius 2 is 1.90 bits per heavy atom. The van der Waals surface area contributed by atoms with E-state index in [-0.39, 0.29) is 30.7 Å². The molecular formula is C13H20N2O5. The third-order valence-corrected chi connectivity index (χ3v) is 4.06. The number of nitrogens with zero attached hydrogens (tertiary/aromatic N) is 2. The molecule has 2 aliphatic heterocycles. The lowest BCUT2D eigenvalue weighted by Gasteiger charge is -2.34. The number of β-amino-alcohol motifs (C(OH)–C–C–N with tert-alkyl or cyclic N) is 1. The van der Waals surface area contributed by atoms with Crippen LogP contribution in [0.3, 0.4) is 0 Å². The van der Waals surface area contributed by atoms with Crippen molar-refractivity contribution in [2.24, 2.45) is 5.92 Å². The second-order valence-electron chi connectivity index (χ2n) is 5.54. The fourth-order valence-corrected chi connectivity index (χ4v) is 2.99. The predicted molar refractivity (Wildman–Crippen MR) is 68.7 cm³/mol. The number of aliphatic hydroxyl groups is 1. The number of rotatable bonds is 2. The molecule has 2 aliphatic rings. The number of piperidine rings is 1. The van der Waals surface area contributed by atoms with E-state index >= 15 is 0 Å². The van der Waals surface area contributed by atoms with Crippen LogP contribution in [-0.2, 0) is 14.4 Å². The number of carboxylic acids is 1. The van der Waals surface area contributed by atoms with Gasteiger partial charge in [-0.3, -0.25) is 9.59 Å². The zero-order valence-electron chi connectivity index (χ0n) is 11.5. The average Bonchev–Trinajstić information content (AvgIpc) is 2.80. The summed E-state index contributed by atoms with van der Waals surface area (Å²) >= 11 is 0. The van der Waals surface area contributed by atoms with Crippen LogP contribution in [0.5, 0.6) is 0 Å². The molecule has 2 N–H and O–H groups in total. The van der Waals surface area contributed by atoms with Gasteiger partial charge < -0.3 is 20.0 Å². The van der Waals surface area contributed by atoms with Gasteiger partial charge in [0.05, 0.1) is 12.0 Å². The number of aliphatic hydroxyl groups excluding tert-OH is 1. The average molecular weight is 284 g/mol. The van der Waals surface area contributed by atoms with E-state index in [1.165, 1.54) is 11.8 Å². The lowest BCUT2D eigenvalue weighted by molar-refractivity contribution is -0.151. The van der Waals surface area contributed by atoms with Crippen molar-refractivity contribution < 1.29 is 24.6 Å². The Morgan fingerprint density at radius 3 is 2.50 bits per heavy atom. The van der Waals surface area contributed by atoms with E-state index in [9.17, 15) is 19.5 Å². The maximum atomic E-state index is 12.4. The Bertz CT molecular complexity index is 425. The molecule has 0 aromatic carbocycles. The van der Waals surface area contributed by atoms with Crippen LogP contribution in [0.25, 0.3) is 0 Å². The van der Waals surface area contributed by atoms with Crippen LogP contribution >= 0.6 is 0 Å². The molecule has 0 spiro atoms.